The summed E-state index contributed by atoms with van der Waals surface area (Å²) in [7, 11) is 1.59. The van der Waals surface area contributed by atoms with E-state index in [1.807, 2.05) is 6.08 Å². The number of carboxylic acid groups (broad SMARTS) is 1. The zero-order chi connectivity index (χ0) is 12.8. The molecule has 0 bridgehead atoms. The minimum atomic E-state index is -0.923. The number of benzene rings is 1. The number of methoxy groups -OCH3 is 1. The number of carbonyl (C=O) groups is 1. The zero-order valence-corrected chi connectivity index (χ0v) is 10.3. The molecule has 0 fully saturated rings. The molecule has 0 aromatic heterocycles. The van der Waals surface area contributed by atoms with Crippen LogP contribution in [0, 0.1) is 0 Å². The van der Waals surface area contributed by atoms with E-state index in [2.05, 4.69) is 13.5 Å². The highest BCUT2D eigenvalue weighted by Crippen LogP contribution is 2.31. The summed E-state index contributed by atoms with van der Waals surface area (Å²) in [5, 5.41) is 8.99. The Labute approximate surface area is 102 Å². The van der Waals surface area contributed by atoms with Crippen molar-refractivity contribution in [3.63, 3.8) is 0 Å². The van der Waals surface area contributed by atoms with E-state index in [1.165, 1.54) is 0 Å². The standard InChI is InChI=1S/C14H18O3/c1-4-6-10(5-2)12-9-11(14(15)16)7-8-13(12)17-3/h5,7-10H,2,4,6H2,1,3H3,(H,15,16). The third-order valence-electron chi connectivity index (χ3n) is 2.76. The van der Waals surface area contributed by atoms with Gasteiger partial charge in [0.05, 0.1) is 12.7 Å². The van der Waals surface area contributed by atoms with Gasteiger partial charge < -0.3 is 9.84 Å². The van der Waals surface area contributed by atoms with Crippen molar-refractivity contribution >= 4 is 5.97 Å². The molecule has 0 saturated carbocycles. The Morgan fingerprint density at radius 1 is 1.59 bits per heavy atom. The second-order valence-corrected chi connectivity index (χ2v) is 3.89. The van der Waals surface area contributed by atoms with Gasteiger partial charge >= 0.3 is 5.97 Å². The van der Waals surface area contributed by atoms with Gasteiger partial charge in [-0.2, -0.15) is 0 Å². The zero-order valence-electron chi connectivity index (χ0n) is 10.3. The lowest BCUT2D eigenvalue weighted by molar-refractivity contribution is 0.0696. The summed E-state index contributed by atoms with van der Waals surface area (Å²) in [4.78, 5) is 11.0. The van der Waals surface area contributed by atoms with Crippen molar-refractivity contribution in [3.8, 4) is 5.75 Å². The number of carboxylic acids is 1. The van der Waals surface area contributed by atoms with Gasteiger partial charge in [0.1, 0.15) is 5.75 Å². The summed E-state index contributed by atoms with van der Waals surface area (Å²) in [6.07, 6.45) is 3.78. The number of aromatic carboxylic acids is 1. The summed E-state index contributed by atoms with van der Waals surface area (Å²) in [5.74, 6) is -0.0733. The molecule has 1 atom stereocenters. The molecule has 1 unspecified atom stereocenters. The van der Waals surface area contributed by atoms with Crippen LogP contribution in [0.2, 0.25) is 0 Å². The molecular weight excluding hydrogens is 216 g/mol. The van der Waals surface area contributed by atoms with Crippen LogP contribution >= 0.6 is 0 Å². The van der Waals surface area contributed by atoms with Gasteiger partial charge in [-0.1, -0.05) is 19.4 Å². The summed E-state index contributed by atoms with van der Waals surface area (Å²) >= 11 is 0. The molecule has 3 nitrogen and oxygen atoms in total. The Morgan fingerprint density at radius 3 is 2.76 bits per heavy atom. The van der Waals surface area contributed by atoms with E-state index in [-0.39, 0.29) is 11.5 Å². The van der Waals surface area contributed by atoms with Gasteiger partial charge in [0.2, 0.25) is 0 Å². The molecule has 0 radical (unpaired) electrons. The molecule has 0 aliphatic carbocycles. The number of hydrogen-bond donors (Lipinski definition) is 1. The second-order valence-electron chi connectivity index (χ2n) is 3.89. The van der Waals surface area contributed by atoms with Crippen LogP contribution in [0.3, 0.4) is 0 Å². The van der Waals surface area contributed by atoms with E-state index in [4.69, 9.17) is 9.84 Å². The van der Waals surface area contributed by atoms with Gasteiger partial charge in [0, 0.05) is 11.5 Å². The fourth-order valence-electron chi connectivity index (χ4n) is 1.87. The SMILES string of the molecule is C=CC(CCC)c1cc(C(=O)O)ccc1OC. The number of ether oxygens (including phenoxy) is 1. The van der Waals surface area contributed by atoms with E-state index in [1.54, 1.807) is 25.3 Å². The predicted octanol–water partition coefficient (Wildman–Crippen LogP) is 3.46. The summed E-state index contributed by atoms with van der Waals surface area (Å²) < 4.78 is 5.27. The molecule has 0 heterocycles. The van der Waals surface area contributed by atoms with Crippen LogP contribution in [-0.4, -0.2) is 18.2 Å². The van der Waals surface area contributed by atoms with Crippen LogP contribution in [0.1, 0.15) is 41.6 Å². The highest BCUT2D eigenvalue weighted by atomic mass is 16.5. The van der Waals surface area contributed by atoms with Crippen molar-refractivity contribution in [2.75, 3.05) is 7.11 Å². The Bertz CT molecular complexity index is 410. The Kier molecular flexibility index (Phi) is 4.76. The second kappa shape index (κ2) is 6.09. The van der Waals surface area contributed by atoms with Gasteiger partial charge in [0.25, 0.3) is 0 Å². The fourth-order valence-corrected chi connectivity index (χ4v) is 1.87. The van der Waals surface area contributed by atoms with Crippen LogP contribution in [0.25, 0.3) is 0 Å². The van der Waals surface area contributed by atoms with Crippen LogP contribution in [0.4, 0.5) is 0 Å². The maximum absolute atomic E-state index is 11.0. The first-order valence-electron chi connectivity index (χ1n) is 5.67. The number of allylic oxidation sites excluding steroid dienone is 1. The molecular formula is C14H18O3. The van der Waals surface area contributed by atoms with Gasteiger partial charge in [0.15, 0.2) is 0 Å². The van der Waals surface area contributed by atoms with E-state index < -0.39 is 5.97 Å². The first-order chi connectivity index (χ1) is 8.13. The van der Waals surface area contributed by atoms with Crippen molar-refractivity contribution in [2.24, 2.45) is 0 Å². The van der Waals surface area contributed by atoms with Crippen molar-refractivity contribution in [2.45, 2.75) is 25.7 Å². The molecule has 0 amide bonds. The first-order valence-corrected chi connectivity index (χ1v) is 5.67. The highest BCUT2D eigenvalue weighted by Gasteiger charge is 2.15. The molecule has 92 valence electrons. The van der Waals surface area contributed by atoms with Crippen LogP contribution in [0.5, 0.6) is 5.75 Å². The van der Waals surface area contributed by atoms with Gasteiger partial charge in [-0.05, 0) is 24.6 Å². The summed E-state index contributed by atoms with van der Waals surface area (Å²) in [5.41, 5.74) is 1.17. The molecule has 1 aromatic carbocycles. The highest BCUT2D eigenvalue weighted by molar-refractivity contribution is 5.88. The molecule has 17 heavy (non-hydrogen) atoms. The van der Waals surface area contributed by atoms with E-state index in [0.717, 1.165) is 18.4 Å². The summed E-state index contributed by atoms with van der Waals surface area (Å²) in [6.45, 7) is 5.89. The molecule has 3 heteroatoms. The van der Waals surface area contributed by atoms with E-state index in [0.29, 0.717) is 5.75 Å². The van der Waals surface area contributed by atoms with Gasteiger partial charge in [-0.25, -0.2) is 4.79 Å². The smallest absolute Gasteiger partial charge is 0.335 e. The normalized spacial score (nSPS) is 11.9. The van der Waals surface area contributed by atoms with Crippen molar-refractivity contribution in [1.82, 2.24) is 0 Å². The quantitative estimate of drug-likeness (QED) is 0.767. The Hall–Kier alpha value is -1.77. The summed E-state index contributed by atoms with van der Waals surface area (Å²) in [6, 6.07) is 4.92. The van der Waals surface area contributed by atoms with E-state index in [9.17, 15) is 4.79 Å². The lowest BCUT2D eigenvalue weighted by Gasteiger charge is -2.16. The molecule has 0 aliphatic rings. The van der Waals surface area contributed by atoms with Crippen molar-refractivity contribution in [1.29, 1.82) is 0 Å². The minimum Gasteiger partial charge on any atom is -0.496 e. The average molecular weight is 234 g/mol. The van der Waals surface area contributed by atoms with E-state index >= 15 is 0 Å². The molecule has 1 rings (SSSR count). The molecule has 1 N–H and O–H groups in total. The third kappa shape index (κ3) is 3.09. The topological polar surface area (TPSA) is 46.5 Å². The minimum absolute atomic E-state index is 0.134. The third-order valence-corrected chi connectivity index (χ3v) is 2.76. The lowest BCUT2D eigenvalue weighted by atomic mass is 9.92. The van der Waals surface area contributed by atoms with Crippen molar-refractivity contribution < 1.29 is 14.6 Å². The maximum atomic E-state index is 11.0. The molecule has 1 aromatic rings. The van der Waals surface area contributed by atoms with Crippen molar-refractivity contribution in [3.05, 3.63) is 42.0 Å². The largest absolute Gasteiger partial charge is 0.496 e. The monoisotopic (exact) mass is 234 g/mol. The van der Waals surface area contributed by atoms with Crippen LogP contribution < -0.4 is 4.74 Å². The Balaban J connectivity index is 3.20. The molecule has 0 aliphatic heterocycles. The predicted molar refractivity (Wildman–Crippen MR) is 67.8 cm³/mol. The molecule has 0 spiro atoms. The average Bonchev–Trinajstić information content (AvgIpc) is 2.35. The molecule has 0 saturated heterocycles. The van der Waals surface area contributed by atoms with Crippen LogP contribution in [-0.2, 0) is 0 Å². The maximum Gasteiger partial charge on any atom is 0.335 e. The number of rotatable bonds is 6. The van der Waals surface area contributed by atoms with Gasteiger partial charge in [-0.15, -0.1) is 6.58 Å². The van der Waals surface area contributed by atoms with Gasteiger partial charge in [-0.3, -0.25) is 0 Å². The first kappa shape index (κ1) is 13.3. The fraction of sp³-hybridized carbons (Fsp3) is 0.357. The lowest BCUT2D eigenvalue weighted by Crippen LogP contribution is -2.03. The number of hydrogen-bond acceptors (Lipinski definition) is 2. The van der Waals surface area contributed by atoms with Crippen LogP contribution in [0.15, 0.2) is 30.9 Å². The Morgan fingerprint density at radius 2 is 2.29 bits per heavy atom.